The summed E-state index contributed by atoms with van der Waals surface area (Å²) in [6.45, 7) is 2.11. The van der Waals surface area contributed by atoms with E-state index in [0.717, 1.165) is 19.5 Å². The van der Waals surface area contributed by atoms with Crippen molar-refractivity contribution in [3.8, 4) is 0 Å². The summed E-state index contributed by atoms with van der Waals surface area (Å²) in [6, 6.07) is 0. The third kappa shape index (κ3) is 3.27. The second-order valence-corrected chi connectivity index (χ2v) is 3.44. The number of aromatic nitrogens is 1. The molecule has 1 aliphatic rings. The van der Waals surface area contributed by atoms with E-state index in [9.17, 15) is 0 Å². The summed E-state index contributed by atoms with van der Waals surface area (Å²) in [6.07, 6.45) is 5.33. The quantitative estimate of drug-likeness (QED) is 0.813. The molecule has 1 aliphatic heterocycles. The molecule has 0 saturated carbocycles. The standard InChI is InChI=1S/C8H10N2S.2ClH/c1-3-9-4-2-7(1)8-5-10-6-11-8;;/h1,5-6,9H,2-4H2;2*1H. The van der Waals surface area contributed by atoms with Crippen LogP contribution in [0, 0.1) is 0 Å². The van der Waals surface area contributed by atoms with Crippen LogP contribution in [0.1, 0.15) is 11.3 Å². The van der Waals surface area contributed by atoms with E-state index in [0.29, 0.717) is 0 Å². The molecule has 0 radical (unpaired) electrons. The minimum absolute atomic E-state index is 0. The van der Waals surface area contributed by atoms with Gasteiger partial charge in [-0.3, -0.25) is 4.98 Å². The van der Waals surface area contributed by atoms with Gasteiger partial charge in [0.2, 0.25) is 0 Å². The summed E-state index contributed by atoms with van der Waals surface area (Å²) in [5.41, 5.74) is 3.34. The van der Waals surface area contributed by atoms with E-state index in [-0.39, 0.29) is 24.8 Å². The number of rotatable bonds is 1. The maximum atomic E-state index is 4.05. The van der Waals surface area contributed by atoms with Crippen molar-refractivity contribution in [3.63, 3.8) is 0 Å². The van der Waals surface area contributed by atoms with Crippen LogP contribution in [0.3, 0.4) is 0 Å². The molecule has 0 atom stereocenters. The highest BCUT2D eigenvalue weighted by molar-refractivity contribution is 7.10. The largest absolute Gasteiger partial charge is 0.313 e. The van der Waals surface area contributed by atoms with Crippen molar-refractivity contribution < 1.29 is 0 Å². The van der Waals surface area contributed by atoms with Gasteiger partial charge in [0.25, 0.3) is 0 Å². The first-order chi connectivity index (χ1) is 5.47. The first kappa shape index (κ1) is 12.9. The molecule has 5 heteroatoms. The summed E-state index contributed by atoms with van der Waals surface area (Å²) in [5.74, 6) is 0. The molecule has 0 aliphatic carbocycles. The van der Waals surface area contributed by atoms with Gasteiger partial charge in [-0.15, -0.1) is 36.2 Å². The van der Waals surface area contributed by atoms with Crippen molar-refractivity contribution in [3.05, 3.63) is 22.7 Å². The van der Waals surface area contributed by atoms with Crippen LogP contribution in [0.4, 0.5) is 0 Å². The highest BCUT2D eigenvalue weighted by atomic mass is 35.5. The first-order valence-electron chi connectivity index (χ1n) is 3.75. The Morgan fingerprint density at radius 1 is 1.38 bits per heavy atom. The van der Waals surface area contributed by atoms with Crippen LogP contribution in [0.15, 0.2) is 17.8 Å². The topological polar surface area (TPSA) is 24.9 Å². The van der Waals surface area contributed by atoms with Crippen LogP contribution in [0.2, 0.25) is 0 Å². The zero-order chi connectivity index (χ0) is 7.52. The average molecular weight is 239 g/mol. The molecule has 0 unspecified atom stereocenters. The monoisotopic (exact) mass is 238 g/mol. The van der Waals surface area contributed by atoms with Crippen LogP contribution in [0.5, 0.6) is 0 Å². The molecule has 13 heavy (non-hydrogen) atoms. The van der Waals surface area contributed by atoms with Crippen molar-refractivity contribution in [1.29, 1.82) is 0 Å². The van der Waals surface area contributed by atoms with Gasteiger partial charge < -0.3 is 5.32 Å². The van der Waals surface area contributed by atoms with Crippen LogP contribution >= 0.6 is 36.2 Å². The minimum atomic E-state index is 0. The number of hydrogen-bond acceptors (Lipinski definition) is 3. The maximum Gasteiger partial charge on any atom is 0.0797 e. The van der Waals surface area contributed by atoms with Gasteiger partial charge in [-0.2, -0.15) is 0 Å². The smallest absolute Gasteiger partial charge is 0.0797 e. The van der Waals surface area contributed by atoms with E-state index in [1.54, 1.807) is 11.3 Å². The molecular weight excluding hydrogens is 227 g/mol. The van der Waals surface area contributed by atoms with Crippen molar-refractivity contribution in [2.45, 2.75) is 6.42 Å². The van der Waals surface area contributed by atoms with Gasteiger partial charge in [0.05, 0.1) is 5.51 Å². The normalized spacial score (nSPS) is 15.2. The highest BCUT2D eigenvalue weighted by Crippen LogP contribution is 2.22. The van der Waals surface area contributed by atoms with Crippen LogP contribution in [-0.2, 0) is 0 Å². The van der Waals surface area contributed by atoms with E-state index in [2.05, 4.69) is 16.4 Å². The molecule has 1 aromatic heterocycles. The molecule has 0 amide bonds. The molecule has 0 spiro atoms. The minimum Gasteiger partial charge on any atom is -0.313 e. The third-order valence-electron chi connectivity index (χ3n) is 1.81. The lowest BCUT2D eigenvalue weighted by molar-refractivity contribution is 0.739. The predicted molar refractivity (Wildman–Crippen MR) is 62.1 cm³/mol. The van der Waals surface area contributed by atoms with Gasteiger partial charge in [-0.1, -0.05) is 6.08 Å². The summed E-state index contributed by atoms with van der Waals surface area (Å²) in [5, 5.41) is 3.28. The molecule has 2 rings (SSSR count). The second kappa shape index (κ2) is 6.38. The Hall–Kier alpha value is -0.0900. The highest BCUT2D eigenvalue weighted by Gasteiger charge is 2.05. The van der Waals surface area contributed by atoms with Gasteiger partial charge in [0.1, 0.15) is 0 Å². The Morgan fingerprint density at radius 3 is 2.77 bits per heavy atom. The number of nitrogens with zero attached hydrogens (tertiary/aromatic N) is 1. The lowest BCUT2D eigenvalue weighted by atomic mass is 10.1. The Kier molecular flexibility index (Phi) is 6.33. The molecule has 1 aromatic rings. The zero-order valence-corrected chi connectivity index (χ0v) is 9.47. The number of thiazole rings is 1. The number of hydrogen-bond donors (Lipinski definition) is 1. The first-order valence-corrected chi connectivity index (χ1v) is 4.63. The van der Waals surface area contributed by atoms with Gasteiger partial charge >= 0.3 is 0 Å². The number of nitrogens with one attached hydrogen (secondary N) is 1. The Balaban J connectivity index is 0.000000720. The molecular formula is C8H12Cl2N2S. The molecule has 0 aromatic carbocycles. The average Bonchev–Trinajstić information content (AvgIpc) is 2.58. The molecule has 2 heterocycles. The van der Waals surface area contributed by atoms with Gasteiger partial charge in [-0.25, -0.2) is 0 Å². The summed E-state index contributed by atoms with van der Waals surface area (Å²) in [7, 11) is 0. The van der Waals surface area contributed by atoms with Crippen LogP contribution < -0.4 is 5.32 Å². The van der Waals surface area contributed by atoms with Crippen LogP contribution in [0.25, 0.3) is 5.57 Å². The molecule has 0 saturated heterocycles. The molecule has 74 valence electrons. The van der Waals surface area contributed by atoms with Crippen molar-refractivity contribution in [2.75, 3.05) is 13.1 Å². The lowest BCUT2D eigenvalue weighted by Gasteiger charge is -2.11. The molecule has 0 fully saturated rings. The van der Waals surface area contributed by atoms with Gasteiger partial charge in [0, 0.05) is 17.6 Å². The summed E-state index contributed by atoms with van der Waals surface area (Å²) >= 11 is 1.72. The Morgan fingerprint density at radius 2 is 2.23 bits per heavy atom. The lowest BCUT2D eigenvalue weighted by Crippen LogP contribution is -2.19. The van der Waals surface area contributed by atoms with Crippen molar-refractivity contribution in [1.82, 2.24) is 10.3 Å². The van der Waals surface area contributed by atoms with E-state index >= 15 is 0 Å². The van der Waals surface area contributed by atoms with E-state index < -0.39 is 0 Å². The van der Waals surface area contributed by atoms with Gasteiger partial charge in [-0.05, 0) is 18.5 Å². The molecule has 1 N–H and O–H groups in total. The Labute approximate surface area is 94.3 Å². The summed E-state index contributed by atoms with van der Waals surface area (Å²) < 4.78 is 0. The maximum absolute atomic E-state index is 4.05. The SMILES string of the molecule is C1=C(c2cncs2)CCNC1.Cl.Cl. The molecule has 2 nitrogen and oxygen atoms in total. The van der Waals surface area contributed by atoms with Crippen LogP contribution in [-0.4, -0.2) is 18.1 Å². The van der Waals surface area contributed by atoms with Crippen molar-refractivity contribution in [2.24, 2.45) is 0 Å². The fraction of sp³-hybridized carbons (Fsp3) is 0.375. The van der Waals surface area contributed by atoms with Gasteiger partial charge in [0.15, 0.2) is 0 Å². The van der Waals surface area contributed by atoms with E-state index in [4.69, 9.17) is 0 Å². The zero-order valence-electron chi connectivity index (χ0n) is 7.03. The van der Waals surface area contributed by atoms with E-state index in [1.807, 2.05) is 11.7 Å². The fourth-order valence-electron chi connectivity index (χ4n) is 1.22. The predicted octanol–water partition coefficient (Wildman–Crippen LogP) is 2.36. The molecule has 0 bridgehead atoms. The summed E-state index contributed by atoms with van der Waals surface area (Å²) in [4.78, 5) is 5.38. The Bertz CT molecular complexity index is 259. The number of halogens is 2. The second-order valence-electron chi connectivity index (χ2n) is 2.55. The third-order valence-corrected chi connectivity index (χ3v) is 2.66. The van der Waals surface area contributed by atoms with E-state index in [1.165, 1.54) is 10.5 Å². The fourth-order valence-corrected chi connectivity index (χ4v) is 1.91. The van der Waals surface area contributed by atoms with Crippen molar-refractivity contribution >= 4 is 41.7 Å².